The molecule has 3 rings (SSSR count). The Balaban J connectivity index is 1.87. The first kappa shape index (κ1) is 14.4. The monoisotopic (exact) mass is 337 g/mol. The van der Waals surface area contributed by atoms with Gasteiger partial charge in [-0.25, -0.2) is 0 Å². The summed E-state index contributed by atoms with van der Waals surface area (Å²) in [7, 11) is 0. The van der Waals surface area contributed by atoms with Gasteiger partial charge in [-0.1, -0.05) is 18.9 Å². The van der Waals surface area contributed by atoms with Crippen LogP contribution in [0.25, 0.3) is 0 Å². The lowest BCUT2D eigenvalue weighted by atomic mass is 9.78. The highest BCUT2D eigenvalue weighted by Crippen LogP contribution is 2.40. The van der Waals surface area contributed by atoms with Crippen LogP contribution >= 0.6 is 15.9 Å². The molecule has 2 fully saturated rings. The normalized spacial score (nSPS) is 28.1. The van der Waals surface area contributed by atoms with E-state index in [1.54, 1.807) is 0 Å². The number of nitrogens with zero attached hydrogens (tertiary/aromatic N) is 1. The molecule has 1 saturated carbocycles. The Bertz CT molecular complexity index is 472. The van der Waals surface area contributed by atoms with Gasteiger partial charge in [0.25, 0.3) is 0 Å². The Morgan fingerprint density at radius 3 is 2.70 bits per heavy atom. The molecule has 20 heavy (non-hydrogen) atoms. The molecule has 110 valence electrons. The number of aliphatic hydroxyl groups is 1. The average Bonchev–Trinajstić information content (AvgIpc) is 2.46. The van der Waals surface area contributed by atoms with E-state index in [1.165, 1.54) is 50.8 Å². The zero-order valence-corrected chi connectivity index (χ0v) is 13.8. The van der Waals surface area contributed by atoms with Crippen LogP contribution in [0.1, 0.15) is 57.1 Å². The summed E-state index contributed by atoms with van der Waals surface area (Å²) >= 11 is 3.71. The molecule has 2 nitrogen and oxygen atoms in total. The summed E-state index contributed by atoms with van der Waals surface area (Å²) < 4.78 is 1.13. The molecule has 1 saturated heterocycles. The first-order chi connectivity index (χ1) is 9.66. The maximum absolute atomic E-state index is 9.70. The van der Waals surface area contributed by atoms with Crippen molar-refractivity contribution in [3.05, 3.63) is 28.2 Å². The third-order valence-electron chi connectivity index (χ3n) is 5.01. The molecule has 3 atom stereocenters. The first-order valence-electron chi connectivity index (χ1n) is 7.91. The van der Waals surface area contributed by atoms with Gasteiger partial charge in [-0.15, -0.1) is 0 Å². The number of benzene rings is 1. The molecule has 1 aromatic rings. The van der Waals surface area contributed by atoms with Gasteiger partial charge in [0.15, 0.2) is 0 Å². The van der Waals surface area contributed by atoms with E-state index < -0.39 is 6.10 Å². The Labute approximate surface area is 130 Å². The van der Waals surface area contributed by atoms with E-state index >= 15 is 0 Å². The summed E-state index contributed by atoms with van der Waals surface area (Å²) in [6.45, 7) is 2.99. The van der Waals surface area contributed by atoms with Crippen molar-refractivity contribution in [3.63, 3.8) is 0 Å². The van der Waals surface area contributed by atoms with Crippen molar-refractivity contribution >= 4 is 21.6 Å². The number of halogens is 1. The van der Waals surface area contributed by atoms with Crippen molar-refractivity contribution in [1.29, 1.82) is 0 Å². The molecule has 1 aliphatic carbocycles. The highest BCUT2D eigenvalue weighted by molar-refractivity contribution is 9.10. The van der Waals surface area contributed by atoms with Crippen LogP contribution in [0.3, 0.4) is 0 Å². The summed E-state index contributed by atoms with van der Waals surface area (Å²) in [4.78, 5) is 2.61. The van der Waals surface area contributed by atoms with E-state index in [-0.39, 0.29) is 0 Å². The largest absolute Gasteiger partial charge is 0.389 e. The molecule has 0 radical (unpaired) electrons. The predicted octanol–water partition coefficient (Wildman–Crippen LogP) is 4.66. The van der Waals surface area contributed by atoms with Crippen LogP contribution in [0.2, 0.25) is 0 Å². The summed E-state index contributed by atoms with van der Waals surface area (Å²) in [6, 6.07) is 7.05. The quantitative estimate of drug-likeness (QED) is 0.848. The molecule has 3 heteroatoms. The number of hydrogen-bond donors (Lipinski definition) is 1. The number of fused-ring (bicyclic) bond motifs is 1. The van der Waals surface area contributed by atoms with Crippen LogP contribution in [0.5, 0.6) is 0 Å². The van der Waals surface area contributed by atoms with Gasteiger partial charge in [-0.3, -0.25) is 0 Å². The van der Waals surface area contributed by atoms with E-state index in [0.29, 0.717) is 0 Å². The Morgan fingerprint density at radius 1 is 1.20 bits per heavy atom. The highest BCUT2D eigenvalue weighted by atomic mass is 79.9. The smallest absolute Gasteiger partial charge is 0.0762 e. The Kier molecular flexibility index (Phi) is 4.37. The molecule has 1 aromatic carbocycles. The van der Waals surface area contributed by atoms with Crippen LogP contribution in [-0.2, 0) is 0 Å². The van der Waals surface area contributed by atoms with Gasteiger partial charge in [-0.2, -0.15) is 0 Å². The Hall–Kier alpha value is -0.540. The van der Waals surface area contributed by atoms with Crippen molar-refractivity contribution in [2.75, 3.05) is 11.4 Å². The van der Waals surface area contributed by atoms with Crippen molar-refractivity contribution < 1.29 is 5.11 Å². The number of rotatable bonds is 2. The lowest BCUT2D eigenvalue weighted by Gasteiger charge is -2.45. The zero-order chi connectivity index (χ0) is 14.1. The molecule has 1 heterocycles. The fraction of sp³-hybridized carbons (Fsp3) is 0.647. The van der Waals surface area contributed by atoms with E-state index in [9.17, 15) is 5.11 Å². The minimum atomic E-state index is -0.399. The molecule has 3 unspecified atom stereocenters. The topological polar surface area (TPSA) is 23.5 Å². The molecule has 0 aromatic heterocycles. The van der Waals surface area contributed by atoms with Crippen molar-refractivity contribution in [3.8, 4) is 0 Å². The summed E-state index contributed by atoms with van der Waals surface area (Å²) in [5, 5.41) is 9.70. The standard InChI is InChI=1S/C17H24BrNO/c1-12(20)14-8-9-17(15(18)11-14)19-10-4-6-13-5-2-3-7-16(13)19/h8-9,11-13,16,20H,2-7,10H2,1H3. The second-order valence-electron chi connectivity index (χ2n) is 6.33. The third-order valence-corrected chi connectivity index (χ3v) is 5.64. The lowest BCUT2D eigenvalue weighted by Crippen LogP contribution is -2.47. The predicted molar refractivity (Wildman–Crippen MR) is 87.1 cm³/mol. The van der Waals surface area contributed by atoms with Gasteiger partial charge >= 0.3 is 0 Å². The van der Waals surface area contributed by atoms with Gasteiger partial charge in [0.1, 0.15) is 0 Å². The minimum Gasteiger partial charge on any atom is -0.389 e. The number of hydrogen-bond acceptors (Lipinski definition) is 2. The first-order valence-corrected chi connectivity index (χ1v) is 8.70. The fourth-order valence-corrected chi connectivity index (χ4v) is 4.56. The zero-order valence-electron chi connectivity index (χ0n) is 12.2. The van der Waals surface area contributed by atoms with Crippen molar-refractivity contribution in [2.45, 2.75) is 57.6 Å². The van der Waals surface area contributed by atoms with Crippen molar-refractivity contribution in [2.24, 2.45) is 5.92 Å². The SMILES string of the molecule is CC(O)c1ccc(N2CCCC3CCCCC32)c(Br)c1. The van der Waals surface area contributed by atoms with E-state index in [1.807, 2.05) is 6.92 Å². The van der Waals surface area contributed by atoms with Crippen LogP contribution < -0.4 is 4.90 Å². The number of piperidine rings is 1. The molecule has 2 aliphatic rings. The van der Waals surface area contributed by atoms with E-state index in [0.717, 1.165) is 22.0 Å². The van der Waals surface area contributed by atoms with Gasteiger partial charge in [0, 0.05) is 17.1 Å². The van der Waals surface area contributed by atoms with E-state index in [2.05, 4.69) is 39.0 Å². The molecular weight excluding hydrogens is 314 g/mol. The molecular formula is C17H24BrNO. The van der Waals surface area contributed by atoms with Gasteiger partial charge in [-0.05, 0) is 72.2 Å². The van der Waals surface area contributed by atoms with Gasteiger partial charge in [0.05, 0.1) is 11.8 Å². The average molecular weight is 338 g/mol. The fourth-order valence-electron chi connectivity index (χ4n) is 3.94. The lowest BCUT2D eigenvalue weighted by molar-refractivity contribution is 0.199. The number of anilines is 1. The highest BCUT2D eigenvalue weighted by Gasteiger charge is 2.33. The summed E-state index contributed by atoms with van der Waals surface area (Å²) in [6.07, 6.45) is 7.86. The van der Waals surface area contributed by atoms with Crippen molar-refractivity contribution in [1.82, 2.24) is 0 Å². The van der Waals surface area contributed by atoms with Gasteiger partial charge < -0.3 is 10.0 Å². The second-order valence-corrected chi connectivity index (χ2v) is 7.19. The summed E-state index contributed by atoms with van der Waals surface area (Å²) in [5.74, 6) is 0.890. The molecule has 0 bridgehead atoms. The third kappa shape index (κ3) is 2.75. The summed E-state index contributed by atoms with van der Waals surface area (Å²) in [5.41, 5.74) is 2.30. The van der Waals surface area contributed by atoms with Crippen LogP contribution in [0.4, 0.5) is 5.69 Å². The molecule has 1 aliphatic heterocycles. The van der Waals surface area contributed by atoms with Gasteiger partial charge in [0.2, 0.25) is 0 Å². The molecule has 0 spiro atoms. The van der Waals surface area contributed by atoms with Crippen LogP contribution in [0, 0.1) is 5.92 Å². The molecule has 0 amide bonds. The van der Waals surface area contributed by atoms with E-state index in [4.69, 9.17) is 0 Å². The second kappa shape index (κ2) is 6.07. The number of aliphatic hydroxyl groups excluding tert-OH is 1. The molecule has 1 N–H and O–H groups in total. The maximum Gasteiger partial charge on any atom is 0.0762 e. The minimum absolute atomic E-state index is 0.399. The Morgan fingerprint density at radius 2 is 1.95 bits per heavy atom. The van der Waals surface area contributed by atoms with Crippen LogP contribution in [0.15, 0.2) is 22.7 Å². The van der Waals surface area contributed by atoms with Crippen LogP contribution in [-0.4, -0.2) is 17.7 Å². The maximum atomic E-state index is 9.70.